The van der Waals surface area contributed by atoms with E-state index in [-0.39, 0.29) is 11.4 Å². The lowest BCUT2D eigenvalue weighted by molar-refractivity contribution is -0.121. The van der Waals surface area contributed by atoms with Gasteiger partial charge in [-0.05, 0) is 45.2 Å². The first-order chi connectivity index (χ1) is 6.77. The summed E-state index contributed by atoms with van der Waals surface area (Å²) in [5.41, 5.74) is 5.79. The average Bonchev–Trinajstić information content (AvgIpc) is 2.08. The predicted octanol–water partition coefficient (Wildman–Crippen LogP) is 1.76. The van der Waals surface area contributed by atoms with Crippen LogP contribution in [-0.4, -0.2) is 30.4 Å². The summed E-state index contributed by atoms with van der Waals surface area (Å²) in [5.74, 6) is -0.177. The summed E-state index contributed by atoms with van der Waals surface area (Å²) in [6, 6.07) is 0. The highest BCUT2D eigenvalue weighted by atomic mass is 16.1. The van der Waals surface area contributed by atoms with Crippen molar-refractivity contribution in [1.29, 1.82) is 0 Å². The van der Waals surface area contributed by atoms with E-state index in [1.54, 1.807) is 0 Å². The van der Waals surface area contributed by atoms with Gasteiger partial charge in [0, 0.05) is 12.0 Å². The summed E-state index contributed by atoms with van der Waals surface area (Å²) >= 11 is 0. The van der Waals surface area contributed by atoms with E-state index in [1.165, 1.54) is 12.8 Å². The van der Waals surface area contributed by atoms with E-state index in [0.717, 1.165) is 12.8 Å². The zero-order valence-electron chi connectivity index (χ0n) is 10.5. The standard InChI is InChI=1S/C12H24N2O/c1-11(2)5-7-12(8-6-11,14(3)4)9-10(13)15/h5-9H2,1-4H3,(H2,13,15). The van der Waals surface area contributed by atoms with Gasteiger partial charge < -0.3 is 10.6 Å². The van der Waals surface area contributed by atoms with Gasteiger partial charge in [0.2, 0.25) is 5.91 Å². The molecule has 1 fully saturated rings. The number of carbonyl (C=O) groups is 1. The molecular weight excluding hydrogens is 188 g/mol. The molecule has 88 valence electrons. The third-order valence-corrected chi connectivity index (χ3v) is 3.99. The first-order valence-corrected chi connectivity index (χ1v) is 5.73. The molecule has 0 aliphatic heterocycles. The van der Waals surface area contributed by atoms with E-state index in [1.807, 2.05) is 0 Å². The van der Waals surface area contributed by atoms with Gasteiger partial charge in [-0.2, -0.15) is 0 Å². The number of carbonyl (C=O) groups excluding carboxylic acids is 1. The van der Waals surface area contributed by atoms with Gasteiger partial charge in [-0.3, -0.25) is 4.79 Å². The smallest absolute Gasteiger partial charge is 0.219 e. The Morgan fingerprint density at radius 1 is 1.20 bits per heavy atom. The molecule has 0 heterocycles. The second kappa shape index (κ2) is 4.12. The van der Waals surface area contributed by atoms with Crippen molar-refractivity contribution in [2.45, 2.75) is 51.5 Å². The quantitative estimate of drug-likeness (QED) is 0.775. The van der Waals surface area contributed by atoms with Gasteiger partial charge in [0.15, 0.2) is 0 Å². The second-order valence-electron chi connectivity index (χ2n) is 5.93. The molecule has 1 amide bonds. The van der Waals surface area contributed by atoms with Gasteiger partial charge in [-0.15, -0.1) is 0 Å². The maximum absolute atomic E-state index is 11.1. The molecule has 0 atom stereocenters. The Bertz CT molecular complexity index is 236. The molecule has 0 unspecified atom stereocenters. The monoisotopic (exact) mass is 212 g/mol. The summed E-state index contributed by atoms with van der Waals surface area (Å²) in [7, 11) is 4.11. The lowest BCUT2D eigenvalue weighted by Gasteiger charge is -2.47. The van der Waals surface area contributed by atoms with Gasteiger partial charge >= 0.3 is 0 Å². The Kier molecular flexibility index (Phi) is 3.44. The van der Waals surface area contributed by atoms with Gasteiger partial charge in [0.05, 0.1) is 0 Å². The summed E-state index contributed by atoms with van der Waals surface area (Å²) in [5, 5.41) is 0. The Labute approximate surface area is 93.0 Å². The SMILES string of the molecule is CN(C)C1(CC(N)=O)CCC(C)(C)CC1. The fourth-order valence-electron chi connectivity index (χ4n) is 2.50. The van der Waals surface area contributed by atoms with Crippen LogP contribution in [0.2, 0.25) is 0 Å². The first-order valence-electron chi connectivity index (χ1n) is 5.73. The zero-order valence-corrected chi connectivity index (χ0v) is 10.5. The number of amides is 1. The van der Waals surface area contributed by atoms with Gasteiger partial charge in [-0.25, -0.2) is 0 Å². The molecule has 3 heteroatoms. The average molecular weight is 212 g/mol. The molecule has 1 saturated carbocycles. The molecule has 0 aromatic carbocycles. The third kappa shape index (κ3) is 2.94. The van der Waals surface area contributed by atoms with Crippen LogP contribution in [-0.2, 0) is 4.79 Å². The predicted molar refractivity (Wildman–Crippen MR) is 62.5 cm³/mol. The molecule has 0 radical (unpaired) electrons. The Balaban J connectivity index is 2.73. The fraction of sp³-hybridized carbons (Fsp3) is 0.917. The van der Waals surface area contributed by atoms with E-state index in [4.69, 9.17) is 5.73 Å². The maximum Gasteiger partial charge on any atom is 0.219 e. The summed E-state index contributed by atoms with van der Waals surface area (Å²) in [6.45, 7) is 4.60. The molecule has 0 saturated heterocycles. The Morgan fingerprint density at radius 3 is 2.00 bits per heavy atom. The highest BCUT2D eigenvalue weighted by Crippen LogP contribution is 2.43. The van der Waals surface area contributed by atoms with Crippen LogP contribution in [0.4, 0.5) is 0 Å². The lowest BCUT2D eigenvalue weighted by atomic mass is 9.67. The van der Waals surface area contributed by atoms with Gasteiger partial charge in [-0.1, -0.05) is 13.8 Å². The van der Waals surface area contributed by atoms with Crippen molar-refractivity contribution in [1.82, 2.24) is 4.90 Å². The van der Waals surface area contributed by atoms with Crippen molar-refractivity contribution < 1.29 is 4.79 Å². The van der Waals surface area contributed by atoms with Crippen LogP contribution in [0, 0.1) is 5.41 Å². The van der Waals surface area contributed by atoms with E-state index in [9.17, 15) is 4.79 Å². The van der Waals surface area contributed by atoms with E-state index < -0.39 is 0 Å². The minimum atomic E-state index is -0.177. The maximum atomic E-state index is 11.1. The van der Waals surface area contributed by atoms with Crippen LogP contribution in [0.5, 0.6) is 0 Å². The molecule has 15 heavy (non-hydrogen) atoms. The van der Waals surface area contributed by atoms with Crippen molar-refractivity contribution in [3.8, 4) is 0 Å². The molecule has 1 aliphatic carbocycles. The Morgan fingerprint density at radius 2 is 1.67 bits per heavy atom. The highest BCUT2D eigenvalue weighted by Gasteiger charge is 2.40. The molecule has 0 bridgehead atoms. The van der Waals surface area contributed by atoms with Crippen LogP contribution in [0.1, 0.15) is 46.0 Å². The van der Waals surface area contributed by atoms with Crippen LogP contribution in [0.25, 0.3) is 0 Å². The highest BCUT2D eigenvalue weighted by molar-refractivity contribution is 5.75. The van der Waals surface area contributed by atoms with Crippen molar-refractivity contribution >= 4 is 5.91 Å². The van der Waals surface area contributed by atoms with Crippen LogP contribution < -0.4 is 5.73 Å². The fourth-order valence-corrected chi connectivity index (χ4v) is 2.50. The molecule has 0 aromatic rings. The molecule has 3 nitrogen and oxygen atoms in total. The number of nitrogens with zero attached hydrogens (tertiary/aromatic N) is 1. The molecule has 0 aromatic heterocycles. The van der Waals surface area contributed by atoms with E-state index in [2.05, 4.69) is 32.8 Å². The number of primary amides is 1. The Hall–Kier alpha value is -0.570. The lowest BCUT2D eigenvalue weighted by Crippen LogP contribution is -2.50. The zero-order chi connectivity index (χ0) is 11.7. The minimum absolute atomic E-state index is 0.0152. The molecule has 1 aliphatic rings. The first kappa shape index (κ1) is 12.5. The van der Waals surface area contributed by atoms with Crippen molar-refractivity contribution in [2.75, 3.05) is 14.1 Å². The topological polar surface area (TPSA) is 46.3 Å². The number of rotatable bonds is 3. The van der Waals surface area contributed by atoms with E-state index in [0.29, 0.717) is 11.8 Å². The van der Waals surface area contributed by atoms with Crippen molar-refractivity contribution in [3.63, 3.8) is 0 Å². The normalized spacial score (nSPS) is 24.1. The minimum Gasteiger partial charge on any atom is -0.370 e. The number of nitrogens with two attached hydrogens (primary N) is 1. The largest absolute Gasteiger partial charge is 0.370 e. The molecule has 1 rings (SSSR count). The van der Waals surface area contributed by atoms with Crippen molar-refractivity contribution in [2.24, 2.45) is 11.1 Å². The van der Waals surface area contributed by atoms with E-state index >= 15 is 0 Å². The van der Waals surface area contributed by atoms with Crippen molar-refractivity contribution in [3.05, 3.63) is 0 Å². The molecule has 0 spiro atoms. The summed E-state index contributed by atoms with van der Waals surface area (Å²) in [4.78, 5) is 13.3. The second-order valence-corrected chi connectivity index (χ2v) is 5.93. The number of hydrogen-bond donors (Lipinski definition) is 1. The van der Waals surface area contributed by atoms with Crippen LogP contribution >= 0.6 is 0 Å². The van der Waals surface area contributed by atoms with Gasteiger partial charge in [0.1, 0.15) is 0 Å². The summed E-state index contributed by atoms with van der Waals surface area (Å²) in [6.07, 6.45) is 5.01. The summed E-state index contributed by atoms with van der Waals surface area (Å²) < 4.78 is 0. The molecular formula is C12H24N2O. The third-order valence-electron chi connectivity index (χ3n) is 3.99. The molecule has 2 N–H and O–H groups in total. The van der Waals surface area contributed by atoms with Gasteiger partial charge in [0.25, 0.3) is 0 Å². The number of hydrogen-bond acceptors (Lipinski definition) is 2. The van der Waals surface area contributed by atoms with Crippen LogP contribution in [0.3, 0.4) is 0 Å². The van der Waals surface area contributed by atoms with Crippen LogP contribution in [0.15, 0.2) is 0 Å².